The van der Waals surface area contributed by atoms with E-state index in [-0.39, 0.29) is 17.9 Å². The number of halogens is 1. The van der Waals surface area contributed by atoms with Crippen LogP contribution in [-0.2, 0) is 11.3 Å². The van der Waals surface area contributed by atoms with E-state index < -0.39 is 0 Å². The number of hydrogen-bond donors (Lipinski definition) is 1. The van der Waals surface area contributed by atoms with Crippen LogP contribution in [-0.4, -0.2) is 10.5 Å². The number of para-hydroxylation sites is 2. The Morgan fingerprint density at radius 2 is 1.38 bits per heavy atom. The molecule has 4 rings (SSSR count). The van der Waals surface area contributed by atoms with Gasteiger partial charge in [0.05, 0.1) is 11.0 Å². The highest BCUT2D eigenvalue weighted by molar-refractivity contribution is 14.1. The van der Waals surface area contributed by atoms with Crippen LogP contribution < -0.4 is 10.7 Å². The molecule has 0 unspecified atom stereocenters. The predicted molar refractivity (Wildman–Crippen MR) is 114 cm³/mol. The van der Waals surface area contributed by atoms with E-state index in [1.807, 2.05) is 65.2 Å². The van der Waals surface area contributed by atoms with Crippen molar-refractivity contribution in [3.63, 3.8) is 0 Å². The minimum atomic E-state index is -0.134. The van der Waals surface area contributed by atoms with Gasteiger partial charge in [0.1, 0.15) is 6.54 Å². The molecule has 0 fully saturated rings. The quantitative estimate of drug-likeness (QED) is 0.369. The molecule has 1 N–H and O–H groups in total. The van der Waals surface area contributed by atoms with Gasteiger partial charge >= 0.3 is 0 Å². The Hall–Kier alpha value is -2.67. The zero-order valence-corrected chi connectivity index (χ0v) is 15.9. The first kappa shape index (κ1) is 16.8. The van der Waals surface area contributed by atoms with Crippen molar-refractivity contribution >= 4 is 56.0 Å². The summed E-state index contributed by atoms with van der Waals surface area (Å²) in [6, 6.07) is 22.4. The van der Waals surface area contributed by atoms with Crippen LogP contribution in [0.25, 0.3) is 21.8 Å². The van der Waals surface area contributed by atoms with Crippen molar-refractivity contribution in [1.82, 2.24) is 4.57 Å². The van der Waals surface area contributed by atoms with Crippen LogP contribution in [0.3, 0.4) is 0 Å². The van der Waals surface area contributed by atoms with E-state index in [0.29, 0.717) is 10.8 Å². The number of carbonyl (C=O) groups is 1. The number of fused-ring (bicyclic) bond motifs is 2. The number of benzene rings is 3. The lowest BCUT2D eigenvalue weighted by Crippen LogP contribution is -2.21. The largest absolute Gasteiger partial charge is 0.331 e. The number of anilines is 1. The van der Waals surface area contributed by atoms with E-state index in [1.54, 1.807) is 12.1 Å². The summed E-state index contributed by atoms with van der Waals surface area (Å²) in [6.45, 7) is 0.132. The van der Waals surface area contributed by atoms with Crippen molar-refractivity contribution < 1.29 is 4.79 Å². The Labute approximate surface area is 163 Å². The van der Waals surface area contributed by atoms with Gasteiger partial charge in [-0.05, 0) is 71.1 Å². The van der Waals surface area contributed by atoms with Gasteiger partial charge in [-0.1, -0.05) is 24.3 Å². The van der Waals surface area contributed by atoms with Crippen LogP contribution in [0.15, 0.2) is 77.6 Å². The molecule has 1 heterocycles. The van der Waals surface area contributed by atoms with Crippen molar-refractivity contribution in [3.05, 3.63) is 86.6 Å². The molecule has 0 saturated heterocycles. The fourth-order valence-electron chi connectivity index (χ4n) is 3.12. The van der Waals surface area contributed by atoms with Crippen molar-refractivity contribution in [2.45, 2.75) is 6.54 Å². The number of pyridine rings is 1. The Bertz CT molecular complexity index is 1120. The molecule has 0 saturated carbocycles. The standard InChI is InChI=1S/C21H15IN2O2/c22-14-9-11-15(12-10-14)23-20(25)13-24-18-7-3-1-5-16(18)21(26)17-6-2-4-8-19(17)24/h1-12H,13H2,(H,23,25). The van der Waals surface area contributed by atoms with Gasteiger partial charge in [0.25, 0.3) is 0 Å². The number of aromatic nitrogens is 1. The van der Waals surface area contributed by atoms with Crippen LogP contribution >= 0.6 is 22.6 Å². The number of amides is 1. The van der Waals surface area contributed by atoms with E-state index in [4.69, 9.17) is 0 Å². The van der Waals surface area contributed by atoms with Crippen molar-refractivity contribution in [2.24, 2.45) is 0 Å². The highest BCUT2D eigenvalue weighted by Crippen LogP contribution is 2.19. The minimum absolute atomic E-state index is 0.00880. The number of nitrogens with one attached hydrogen (secondary N) is 1. The van der Waals surface area contributed by atoms with Crippen LogP contribution in [0.2, 0.25) is 0 Å². The van der Waals surface area contributed by atoms with Gasteiger partial charge in [-0.15, -0.1) is 0 Å². The van der Waals surface area contributed by atoms with E-state index in [9.17, 15) is 9.59 Å². The SMILES string of the molecule is O=C(Cn1c2ccccc2c(=O)c2ccccc21)Nc1ccc(I)cc1. The van der Waals surface area contributed by atoms with E-state index in [0.717, 1.165) is 20.3 Å². The van der Waals surface area contributed by atoms with Gasteiger partial charge in [-0.2, -0.15) is 0 Å². The number of hydrogen-bond acceptors (Lipinski definition) is 2. The lowest BCUT2D eigenvalue weighted by molar-refractivity contribution is -0.116. The third-order valence-corrected chi connectivity index (χ3v) is 5.03. The molecule has 0 radical (unpaired) electrons. The van der Waals surface area contributed by atoms with Crippen molar-refractivity contribution in [2.75, 3.05) is 5.32 Å². The molecule has 4 nitrogen and oxygen atoms in total. The van der Waals surface area contributed by atoms with E-state index >= 15 is 0 Å². The summed E-state index contributed by atoms with van der Waals surface area (Å²) in [5, 5.41) is 4.16. The predicted octanol–water partition coefficient (Wildman–Crippen LogP) is 4.40. The second kappa shape index (κ2) is 6.92. The molecule has 4 aromatic rings. The number of carbonyl (C=O) groups excluding carboxylic acids is 1. The molecule has 5 heteroatoms. The first-order chi connectivity index (χ1) is 12.6. The summed E-state index contributed by atoms with van der Waals surface area (Å²) in [7, 11) is 0. The molecule has 1 aromatic heterocycles. The van der Waals surface area contributed by atoms with Gasteiger partial charge in [0.2, 0.25) is 5.91 Å². The Kier molecular flexibility index (Phi) is 4.46. The van der Waals surface area contributed by atoms with Gasteiger partial charge in [0, 0.05) is 20.0 Å². The van der Waals surface area contributed by atoms with Crippen LogP contribution in [0.4, 0.5) is 5.69 Å². The third kappa shape index (κ3) is 3.10. The van der Waals surface area contributed by atoms with Gasteiger partial charge in [0.15, 0.2) is 5.43 Å². The molecule has 0 aliphatic heterocycles. The van der Waals surface area contributed by atoms with Crippen molar-refractivity contribution in [1.29, 1.82) is 0 Å². The second-order valence-electron chi connectivity index (χ2n) is 6.00. The monoisotopic (exact) mass is 454 g/mol. The first-order valence-electron chi connectivity index (χ1n) is 8.19. The maximum absolute atomic E-state index is 12.7. The molecule has 1 amide bonds. The summed E-state index contributed by atoms with van der Waals surface area (Å²) < 4.78 is 3.01. The average molecular weight is 454 g/mol. The smallest absolute Gasteiger partial charge is 0.244 e. The summed E-state index contributed by atoms with van der Waals surface area (Å²) in [5.41, 5.74) is 2.26. The molecule has 0 spiro atoms. The number of nitrogens with zero attached hydrogens (tertiary/aromatic N) is 1. The molecule has 0 aliphatic carbocycles. The molecule has 0 atom stereocenters. The maximum atomic E-state index is 12.7. The highest BCUT2D eigenvalue weighted by atomic mass is 127. The van der Waals surface area contributed by atoms with Gasteiger partial charge < -0.3 is 9.88 Å². The number of rotatable bonds is 3. The fraction of sp³-hybridized carbons (Fsp3) is 0.0476. The summed E-state index contributed by atoms with van der Waals surface area (Å²) in [5.74, 6) is -0.134. The van der Waals surface area contributed by atoms with E-state index in [1.165, 1.54) is 0 Å². The Balaban J connectivity index is 1.79. The molecular weight excluding hydrogens is 439 g/mol. The second-order valence-corrected chi connectivity index (χ2v) is 7.25. The lowest BCUT2D eigenvalue weighted by atomic mass is 10.1. The molecule has 3 aromatic carbocycles. The van der Waals surface area contributed by atoms with Gasteiger partial charge in [-0.3, -0.25) is 9.59 Å². The molecular formula is C21H15IN2O2. The van der Waals surface area contributed by atoms with Crippen LogP contribution in [0, 0.1) is 3.57 Å². The topological polar surface area (TPSA) is 51.1 Å². The zero-order valence-electron chi connectivity index (χ0n) is 13.8. The third-order valence-electron chi connectivity index (χ3n) is 4.31. The summed E-state index contributed by atoms with van der Waals surface area (Å²) in [6.07, 6.45) is 0. The molecule has 128 valence electrons. The summed E-state index contributed by atoms with van der Waals surface area (Å²) in [4.78, 5) is 25.4. The van der Waals surface area contributed by atoms with Gasteiger partial charge in [-0.25, -0.2) is 0 Å². The maximum Gasteiger partial charge on any atom is 0.244 e. The lowest BCUT2D eigenvalue weighted by Gasteiger charge is -2.15. The van der Waals surface area contributed by atoms with E-state index in [2.05, 4.69) is 27.9 Å². The average Bonchev–Trinajstić information content (AvgIpc) is 2.67. The Morgan fingerprint density at radius 1 is 0.846 bits per heavy atom. The first-order valence-corrected chi connectivity index (χ1v) is 9.27. The fourth-order valence-corrected chi connectivity index (χ4v) is 3.48. The van der Waals surface area contributed by atoms with Crippen LogP contribution in [0.1, 0.15) is 0 Å². The van der Waals surface area contributed by atoms with Crippen LogP contribution in [0.5, 0.6) is 0 Å². The highest BCUT2D eigenvalue weighted by Gasteiger charge is 2.12. The molecule has 26 heavy (non-hydrogen) atoms. The molecule has 0 bridgehead atoms. The summed E-state index contributed by atoms with van der Waals surface area (Å²) >= 11 is 2.22. The Morgan fingerprint density at radius 3 is 1.96 bits per heavy atom. The normalized spacial score (nSPS) is 11.0. The van der Waals surface area contributed by atoms with Crippen molar-refractivity contribution in [3.8, 4) is 0 Å². The zero-order chi connectivity index (χ0) is 18.1. The minimum Gasteiger partial charge on any atom is -0.331 e. The molecule has 0 aliphatic rings.